The molecule has 0 unspecified atom stereocenters. The van der Waals surface area contributed by atoms with Crippen molar-refractivity contribution in [3.63, 3.8) is 0 Å². The SMILES string of the molecule is CC(C)CNCc1cccn(C2CC2)c1=O. The van der Waals surface area contributed by atoms with Crippen molar-refractivity contribution in [2.75, 3.05) is 6.54 Å². The largest absolute Gasteiger partial charge is 0.312 e. The van der Waals surface area contributed by atoms with Crippen LogP contribution in [0, 0.1) is 5.92 Å². The molecule has 1 aliphatic rings. The second-order valence-corrected chi connectivity index (χ2v) is 5.00. The molecule has 1 N–H and O–H groups in total. The van der Waals surface area contributed by atoms with E-state index in [0.29, 0.717) is 18.5 Å². The van der Waals surface area contributed by atoms with E-state index < -0.39 is 0 Å². The Morgan fingerprint density at radius 3 is 2.88 bits per heavy atom. The summed E-state index contributed by atoms with van der Waals surface area (Å²) in [5.41, 5.74) is 1.07. The first-order valence-electron chi connectivity index (χ1n) is 6.09. The molecule has 1 aromatic heterocycles. The highest BCUT2D eigenvalue weighted by Gasteiger charge is 2.24. The molecule has 2 rings (SSSR count). The minimum absolute atomic E-state index is 0.182. The Kier molecular flexibility index (Phi) is 3.44. The molecule has 0 bridgehead atoms. The summed E-state index contributed by atoms with van der Waals surface area (Å²) in [6.07, 6.45) is 4.22. The molecule has 1 saturated carbocycles. The standard InChI is InChI=1S/C13H20N2O/c1-10(2)8-14-9-11-4-3-7-15(13(11)16)12-5-6-12/h3-4,7,10,12,14H,5-6,8-9H2,1-2H3. The molecule has 0 saturated heterocycles. The van der Waals surface area contributed by atoms with Crippen LogP contribution in [0.3, 0.4) is 0 Å². The predicted molar refractivity (Wildman–Crippen MR) is 65.5 cm³/mol. The fourth-order valence-electron chi connectivity index (χ4n) is 1.83. The summed E-state index contributed by atoms with van der Waals surface area (Å²) in [5.74, 6) is 0.620. The molecule has 0 amide bonds. The van der Waals surface area contributed by atoms with Gasteiger partial charge in [-0.15, -0.1) is 0 Å². The fraction of sp³-hybridized carbons (Fsp3) is 0.615. The van der Waals surface area contributed by atoms with Crippen molar-refractivity contribution in [3.8, 4) is 0 Å². The van der Waals surface area contributed by atoms with Crippen LogP contribution in [0.2, 0.25) is 0 Å². The van der Waals surface area contributed by atoms with Crippen molar-refractivity contribution in [1.82, 2.24) is 9.88 Å². The molecule has 16 heavy (non-hydrogen) atoms. The topological polar surface area (TPSA) is 34.0 Å². The molecule has 1 fully saturated rings. The zero-order valence-electron chi connectivity index (χ0n) is 10.1. The Balaban J connectivity index is 2.03. The number of rotatable bonds is 5. The third-order valence-electron chi connectivity index (χ3n) is 2.86. The van der Waals surface area contributed by atoms with Crippen molar-refractivity contribution in [2.24, 2.45) is 5.92 Å². The van der Waals surface area contributed by atoms with Gasteiger partial charge in [0.15, 0.2) is 0 Å². The highest BCUT2D eigenvalue weighted by Crippen LogP contribution is 2.33. The van der Waals surface area contributed by atoms with E-state index in [-0.39, 0.29) is 5.56 Å². The quantitative estimate of drug-likeness (QED) is 0.822. The number of nitrogens with one attached hydrogen (secondary N) is 1. The lowest BCUT2D eigenvalue weighted by Gasteiger charge is -2.09. The van der Waals surface area contributed by atoms with Crippen LogP contribution in [0.5, 0.6) is 0 Å². The lowest BCUT2D eigenvalue weighted by atomic mass is 10.2. The van der Waals surface area contributed by atoms with E-state index in [4.69, 9.17) is 0 Å². The summed E-state index contributed by atoms with van der Waals surface area (Å²) in [4.78, 5) is 12.0. The number of hydrogen-bond donors (Lipinski definition) is 1. The van der Waals surface area contributed by atoms with Gasteiger partial charge < -0.3 is 9.88 Å². The summed E-state index contributed by atoms with van der Waals surface area (Å²) < 4.78 is 1.88. The molecule has 88 valence electrons. The monoisotopic (exact) mass is 220 g/mol. The van der Waals surface area contributed by atoms with Crippen LogP contribution >= 0.6 is 0 Å². The molecular weight excluding hydrogens is 200 g/mol. The van der Waals surface area contributed by atoms with Gasteiger partial charge in [-0.3, -0.25) is 4.79 Å². The second-order valence-electron chi connectivity index (χ2n) is 5.00. The first-order chi connectivity index (χ1) is 7.68. The number of hydrogen-bond acceptors (Lipinski definition) is 2. The van der Waals surface area contributed by atoms with Gasteiger partial charge in [-0.25, -0.2) is 0 Å². The van der Waals surface area contributed by atoms with Gasteiger partial charge in [-0.1, -0.05) is 19.9 Å². The number of nitrogens with zero attached hydrogens (tertiary/aromatic N) is 1. The predicted octanol–water partition coefficient (Wildman–Crippen LogP) is 1.93. The first-order valence-corrected chi connectivity index (χ1v) is 6.09. The first kappa shape index (κ1) is 11.4. The van der Waals surface area contributed by atoms with Crippen LogP contribution in [-0.2, 0) is 6.54 Å². The molecule has 0 spiro atoms. The van der Waals surface area contributed by atoms with E-state index in [1.54, 1.807) is 0 Å². The maximum absolute atomic E-state index is 12.0. The van der Waals surface area contributed by atoms with E-state index >= 15 is 0 Å². The van der Waals surface area contributed by atoms with Gasteiger partial charge in [0.25, 0.3) is 5.56 Å². The van der Waals surface area contributed by atoms with Crippen LogP contribution in [-0.4, -0.2) is 11.1 Å². The fourth-order valence-corrected chi connectivity index (χ4v) is 1.83. The molecule has 0 aliphatic heterocycles. The van der Waals surface area contributed by atoms with E-state index in [9.17, 15) is 4.79 Å². The summed E-state index contributed by atoms with van der Waals surface area (Å²) in [5, 5.41) is 3.32. The summed E-state index contributed by atoms with van der Waals surface area (Å²) >= 11 is 0. The van der Waals surface area contributed by atoms with Gasteiger partial charge in [0.05, 0.1) is 0 Å². The molecule has 0 radical (unpaired) electrons. The number of aromatic nitrogens is 1. The maximum atomic E-state index is 12.0. The molecule has 1 aromatic rings. The summed E-state index contributed by atoms with van der Waals surface area (Å²) in [6, 6.07) is 4.37. The second kappa shape index (κ2) is 4.83. The lowest BCUT2D eigenvalue weighted by Crippen LogP contribution is -2.27. The Morgan fingerprint density at radius 1 is 1.50 bits per heavy atom. The van der Waals surface area contributed by atoms with Crippen molar-refractivity contribution >= 4 is 0 Å². The smallest absolute Gasteiger partial charge is 0.255 e. The van der Waals surface area contributed by atoms with Crippen molar-refractivity contribution in [3.05, 3.63) is 34.2 Å². The Hall–Kier alpha value is -1.09. The summed E-state index contributed by atoms with van der Waals surface area (Å²) in [7, 11) is 0. The zero-order chi connectivity index (χ0) is 11.5. The zero-order valence-corrected chi connectivity index (χ0v) is 10.1. The average Bonchev–Trinajstić information content (AvgIpc) is 3.04. The molecular formula is C13H20N2O. The molecule has 1 aliphatic carbocycles. The van der Waals surface area contributed by atoms with E-state index in [1.807, 2.05) is 22.9 Å². The van der Waals surface area contributed by atoms with Gasteiger partial charge in [0, 0.05) is 24.3 Å². The van der Waals surface area contributed by atoms with Crippen molar-refractivity contribution in [2.45, 2.75) is 39.3 Å². The normalized spacial score (nSPS) is 15.7. The third kappa shape index (κ3) is 2.73. The minimum Gasteiger partial charge on any atom is -0.312 e. The highest BCUT2D eigenvalue weighted by atomic mass is 16.1. The van der Waals surface area contributed by atoms with Gasteiger partial charge >= 0.3 is 0 Å². The molecule has 0 aromatic carbocycles. The van der Waals surface area contributed by atoms with Gasteiger partial charge in [0.2, 0.25) is 0 Å². The average molecular weight is 220 g/mol. The summed E-state index contributed by atoms with van der Waals surface area (Å²) in [6.45, 7) is 5.98. The maximum Gasteiger partial charge on any atom is 0.255 e. The van der Waals surface area contributed by atoms with Gasteiger partial charge in [-0.05, 0) is 31.4 Å². The van der Waals surface area contributed by atoms with Gasteiger partial charge in [0.1, 0.15) is 0 Å². The molecule has 3 heteroatoms. The Morgan fingerprint density at radius 2 is 2.25 bits per heavy atom. The Bertz CT molecular complexity index is 405. The molecule has 0 atom stereocenters. The van der Waals surface area contributed by atoms with E-state index in [0.717, 1.165) is 24.9 Å². The third-order valence-corrected chi connectivity index (χ3v) is 2.86. The van der Waals surface area contributed by atoms with Crippen LogP contribution in [0.4, 0.5) is 0 Å². The van der Waals surface area contributed by atoms with Crippen molar-refractivity contribution < 1.29 is 0 Å². The van der Waals surface area contributed by atoms with Crippen LogP contribution in [0.15, 0.2) is 23.1 Å². The van der Waals surface area contributed by atoms with Crippen LogP contribution in [0.1, 0.15) is 38.3 Å². The highest BCUT2D eigenvalue weighted by molar-refractivity contribution is 5.11. The van der Waals surface area contributed by atoms with E-state index in [2.05, 4.69) is 19.2 Å². The lowest BCUT2D eigenvalue weighted by molar-refractivity contribution is 0.547. The molecule has 3 nitrogen and oxygen atoms in total. The Labute approximate surface area is 96.5 Å². The van der Waals surface area contributed by atoms with E-state index in [1.165, 1.54) is 0 Å². The van der Waals surface area contributed by atoms with Crippen LogP contribution in [0.25, 0.3) is 0 Å². The molecule has 1 heterocycles. The van der Waals surface area contributed by atoms with Gasteiger partial charge in [-0.2, -0.15) is 0 Å². The minimum atomic E-state index is 0.182. The van der Waals surface area contributed by atoms with Crippen molar-refractivity contribution in [1.29, 1.82) is 0 Å². The number of pyridine rings is 1. The van der Waals surface area contributed by atoms with Crippen LogP contribution < -0.4 is 10.9 Å².